The van der Waals surface area contributed by atoms with E-state index in [1.165, 1.54) is 6.42 Å². The third kappa shape index (κ3) is 4.67. The van der Waals surface area contributed by atoms with Crippen LogP contribution in [0.1, 0.15) is 38.5 Å². The number of anilines is 2. The van der Waals surface area contributed by atoms with Gasteiger partial charge >= 0.3 is 6.01 Å². The molecule has 1 aromatic heterocycles. The summed E-state index contributed by atoms with van der Waals surface area (Å²) in [7, 11) is 0. The van der Waals surface area contributed by atoms with Crippen molar-refractivity contribution >= 4 is 44.8 Å². The van der Waals surface area contributed by atoms with E-state index in [1.54, 1.807) is 12.1 Å². The average Bonchev–Trinajstić information content (AvgIpc) is 3.62. The monoisotopic (exact) mass is 604 g/mol. The Labute approximate surface area is 254 Å². The third-order valence-corrected chi connectivity index (χ3v) is 10.3. The Kier molecular flexibility index (Phi) is 6.62. The molecule has 4 aliphatic heterocycles. The molecule has 0 radical (unpaired) electrons. The summed E-state index contributed by atoms with van der Waals surface area (Å²) in [4.78, 5) is 14.0. The van der Waals surface area contributed by atoms with E-state index in [0.717, 1.165) is 56.1 Å². The van der Waals surface area contributed by atoms with Crippen LogP contribution in [-0.4, -0.2) is 71.4 Å². The second-order valence-corrected chi connectivity index (χ2v) is 13.2. The summed E-state index contributed by atoms with van der Waals surface area (Å²) in [6.45, 7) is 3.10. The van der Waals surface area contributed by atoms with Crippen LogP contribution in [0.5, 0.6) is 6.01 Å². The first kappa shape index (κ1) is 27.3. The maximum absolute atomic E-state index is 16.9. The average molecular weight is 605 g/mol. The lowest BCUT2D eigenvalue weighted by atomic mass is 9.95. The lowest BCUT2D eigenvalue weighted by Crippen LogP contribution is -2.43. The summed E-state index contributed by atoms with van der Waals surface area (Å²) in [6.07, 6.45) is 4.68. The molecular formula is C33H35ClF2N6O. The molecule has 5 heterocycles. The van der Waals surface area contributed by atoms with Crippen LogP contribution in [0.2, 0.25) is 5.02 Å². The summed E-state index contributed by atoms with van der Waals surface area (Å²) < 4.78 is 37.6. The van der Waals surface area contributed by atoms with Crippen LogP contribution in [0.25, 0.3) is 32.8 Å². The Morgan fingerprint density at radius 2 is 1.91 bits per heavy atom. The first-order valence-electron chi connectivity index (χ1n) is 15.4. The number of rotatable bonds is 5. The van der Waals surface area contributed by atoms with Gasteiger partial charge in [0.25, 0.3) is 0 Å². The van der Waals surface area contributed by atoms with Gasteiger partial charge < -0.3 is 20.7 Å². The predicted octanol–water partition coefficient (Wildman–Crippen LogP) is 6.11. The zero-order valence-electron chi connectivity index (χ0n) is 24.0. The molecule has 224 valence electrons. The number of nitrogens with one attached hydrogen (secondary N) is 1. The number of ether oxygens (including phenoxy) is 1. The Morgan fingerprint density at radius 3 is 2.81 bits per heavy atom. The van der Waals surface area contributed by atoms with E-state index in [0.29, 0.717) is 47.5 Å². The highest BCUT2D eigenvalue weighted by atomic mass is 35.5. The minimum absolute atomic E-state index is 0.109. The molecule has 7 nitrogen and oxygen atoms in total. The van der Waals surface area contributed by atoms with E-state index in [-0.39, 0.29) is 34.3 Å². The number of hydrogen-bond donors (Lipinski definition) is 2. The molecule has 2 bridgehead atoms. The van der Waals surface area contributed by atoms with Crippen LogP contribution >= 0.6 is 11.6 Å². The normalized spacial score (nSPS) is 27.2. The van der Waals surface area contributed by atoms with Crippen molar-refractivity contribution < 1.29 is 13.5 Å². The molecule has 0 amide bonds. The largest absolute Gasteiger partial charge is 0.461 e. The highest BCUT2D eigenvalue weighted by Gasteiger charge is 2.49. The summed E-state index contributed by atoms with van der Waals surface area (Å²) in [5.74, 6) is 0.0845. The molecule has 0 saturated carbocycles. The SMILES string of the molecule is Nc1cc(-c2c(Cl)cc3c(N4CC[C@H]5CC[C@@H](C4)N5)nc(OC[C@]45CCCN4C[C@H](F)C5)nc3c2F)c2ccccc2c1. The van der Waals surface area contributed by atoms with Gasteiger partial charge in [0.15, 0.2) is 5.82 Å². The number of benzene rings is 3. The van der Waals surface area contributed by atoms with E-state index in [4.69, 9.17) is 27.1 Å². The van der Waals surface area contributed by atoms with Crippen LogP contribution in [0.4, 0.5) is 20.3 Å². The van der Waals surface area contributed by atoms with Crippen molar-refractivity contribution in [1.29, 1.82) is 0 Å². The molecule has 4 aliphatic rings. The van der Waals surface area contributed by atoms with Crippen molar-refractivity contribution in [2.24, 2.45) is 0 Å². The standard InChI is InChI=1S/C33H35ClF2N6O/c34-27-14-26-30(29(36)28(27)25-13-21(37)12-19-4-1-2-5-24(19)25)39-32(43-18-33-9-3-10-42(33)16-20(35)15-33)40-31(26)41-11-8-22-6-7-23(17-41)38-22/h1-2,4-5,12-14,20,22-23,38H,3,6-11,15-18,37H2/t20-,22-,23+,33-/m1/s1. The molecule has 8 rings (SSSR count). The van der Waals surface area contributed by atoms with Crippen molar-refractivity contribution in [3.05, 3.63) is 53.3 Å². The van der Waals surface area contributed by atoms with E-state index in [9.17, 15) is 4.39 Å². The van der Waals surface area contributed by atoms with Gasteiger partial charge in [-0.3, -0.25) is 4.90 Å². The van der Waals surface area contributed by atoms with E-state index in [2.05, 4.69) is 20.1 Å². The third-order valence-electron chi connectivity index (χ3n) is 10.0. The molecule has 10 heteroatoms. The first-order chi connectivity index (χ1) is 20.9. The lowest BCUT2D eigenvalue weighted by molar-refractivity contribution is 0.107. The van der Waals surface area contributed by atoms with Crippen molar-refractivity contribution in [3.8, 4) is 17.1 Å². The fraction of sp³-hybridized carbons (Fsp3) is 0.455. The molecule has 0 spiro atoms. The zero-order chi connectivity index (χ0) is 29.3. The molecule has 3 aromatic carbocycles. The smallest absolute Gasteiger partial charge is 0.319 e. The number of hydrogen-bond acceptors (Lipinski definition) is 7. The Morgan fingerprint density at radius 1 is 1.05 bits per heavy atom. The Hall–Kier alpha value is -3.27. The fourth-order valence-electron chi connectivity index (χ4n) is 8.04. The topological polar surface area (TPSA) is 79.5 Å². The van der Waals surface area contributed by atoms with Crippen LogP contribution < -0.4 is 20.7 Å². The zero-order valence-corrected chi connectivity index (χ0v) is 24.7. The molecule has 0 aliphatic carbocycles. The first-order valence-corrected chi connectivity index (χ1v) is 15.8. The minimum Gasteiger partial charge on any atom is -0.461 e. The molecule has 4 fully saturated rings. The highest BCUT2D eigenvalue weighted by Crippen LogP contribution is 2.43. The molecule has 4 atom stereocenters. The number of halogens is 3. The van der Waals surface area contributed by atoms with Crippen molar-refractivity contribution in [3.63, 3.8) is 0 Å². The number of nitrogens with two attached hydrogens (primary N) is 1. The molecule has 43 heavy (non-hydrogen) atoms. The van der Waals surface area contributed by atoms with Crippen LogP contribution in [0.15, 0.2) is 42.5 Å². The van der Waals surface area contributed by atoms with Gasteiger partial charge in [-0.1, -0.05) is 35.9 Å². The number of nitrogen functional groups attached to an aromatic ring is 1. The van der Waals surface area contributed by atoms with E-state index < -0.39 is 12.0 Å². The van der Waals surface area contributed by atoms with Gasteiger partial charge in [0.05, 0.1) is 10.6 Å². The van der Waals surface area contributed by atoms with Gasteiger partial charge in [-0.05, 0) is 73.2 Å². The summed E-state index contributed by atoms with van der Waals surface area (Å²) >= 11 is 6.92. The quantitative estimate of drug-likeness (QED) is 0.266. The number of nitrogens with zero attached hydrogens (tertiary/aromatic N) is 4. The Balaban J connectivity index is 1.27. The minimum atomic E-state index is -0.868. The van der Waals surface area contributed by atoms with E-state index >= 15 is 4.39 Å². The highest BCUT2D eigenvalue weighted by molar-refractivity contribution is 6.35. The predicted molar refractivity (Wildman–Crippen MR) is 167 cm³/mol. The van der Waals surface area contributed by atoms with Gasteiger partial charge in [-0.2, -0.15) is 9.97 Å². The summed E-state index contributed by atoms with van der Waals surface area (Å²) in [6, 6.07) is 14.1. The van der Waals surface area contributed by atoms with Crippen molar-refractivity contribution in [1.82, 2.24) is 20.2 Å². The fourth-order valence-corrected chi connectivity index (χ4v) is 8.33. The summed E-state index contributed by atoms with van der Waals surface area (Å²) in [5, 5.41) is 6.28. The van der Waals surface area contributed by atoms with Gasteiger partial charge in [0.2, 0.25) is 0 Å². The van der Waals surface area contributed by atoms with Crippen LogP contribution in [0, 0.1) is 5.82 Å². The van der Waals surface area contributed by atoms with E-state index in [1.807, 2.05) is 30.3 Å². The molecule has 3 N–H and O–H groups in total. The molecule has 4 aromatic rings. The number of fused-ring (bicyclic) bond motifs is 5. The molecule has 4 saturated heterocycles. The summed E-state index contributed by atoms with van der Waals surface area (Å²) in [5.41, 5.74) is 7.43. The lowest BCUT2D eigenvalue weighted by Gasteiger charge is -2.31. The van der Waals surface area contributed by atoms with Gasteiger partial charge in [-0.25, -0.2) is 8.78 Å². The van der Waals surface area contributed by atoms with Crippen LogP contribution in [0.3, 0.4) is 0 Å². The molecular weight excluding hydrogens is 570 g/mol. The van der Waals surface area contributed by atoms with Crippen LogP contribution in [-0.2, 0) is 0 Å². The van der Waals surface area contributed by atoms with Crippen molar-refractivity contribution in [2.75, 3.05) is 43.4 Å². The number of aromatic nitrogens is 2. The Bertz CT molecular complexity index is 1740. The second kappa shape index (κ2) is 10.4. The maximum atomic E-state index is 16.9. The second-order valence-electron chi connectivity index (χ2n) is 12.8. The van der Waals surface area contributed by atoms with Gasteiger partial charge in [-0.15, -0.1) is 0 Å². The van der Waals surface area contributed by atoms with Gasteiger partial charge in [0.1, 0.15) is 24.1 Å². The number of alkyl halides is 1. The maximum Gasteiger partial charge on any atom is 0.319 e. The molecule has 0 unspecified atom stereocenters. The van der Waals surface area contributed by atoms with Crippen molar-refractivity contribution in [2.45, 2.75) is 62.3 Å². The van der Waals surface area contributed by atoms with Gasteiger partial charge in [0, 0.05) is 54.8 Å².